The van der Waals surface area contributed by atoms with E-state index in [0.717, 1.165) is 61.2 Å². The Morgan fingerprint density at radius 1 is 0.510 bits per heavy atom. The van der Waals surface area contributed by atoms with Crippen LogP contribution in [-0.2, 0) is 12.0 Å². The average molecular weight is 658 g/mol. The smallest absolute Gasteiger partial charge is 0.193 e. The van der Waals surface area contributed by atoms with Gasteiger partial charge >= 0.3 is 0 Å². The number of ketones is 1. The maximum absolute atomic E-state index is 13.9. The van der Waals surface area contributed by atoms with Crippen molar-refractivity contribution in [3.63, 3.8) is 0 Å². The number of hydrogen-bond acceptors (Lipinski definition) is 2. The molecule has 4 heteroatoms. The van der Waals surface area contributed by atoms with Crippen LogP contribution in [0.2, 0.25) is 0 Å². The molecule has 7 aromatic rings. The second kappa shape index (κ2) is 13.7. The first-order valence-corrected chi connectivity index (χ1v) is 17.1. The minimum atomic E-state index is -0.695. The van der Waals surface area contributed by atoms with Gasteiger partial charge in [0.2, 0.25) is 0 Å². The van der Waals surface area contributed by atoms with E-state index in [1.807, 2.05) is 91.0 Å². The maximum Gasteiger partial charge on any atom is 0.193 e. The predicted molar refractivity (Wildman–Crippen MR) is 207 cm³/mol. The zero-order valence-corrected chi connectivity index (χ0v) is 28.0. The van der Waals surface area contributed by atoms with Crippen LogP contribution >= 0.6 is 0 Å². The first kappa shape index (κ1) is 31.6. The third-order valence-electron chi connectivity index (χ3n) is 9.68. The van der Waals surface area contributed by atoms with Crippen LogP contribution in [0.5, 0.6) is 0 Å². The first-order valence-electron chi connectivity index (χ1n) is 17.1. The van der Waals surface area contributed by atoms with Gasteiger partial charge < -0.3 is 5.73 Å². The molecule has 0 amide bonds. The Morgan fingerprint density at radius 2 is 1.06 bits per heavy atom. The van der Waals surface area contributed by atoms with E-state index in [1.165, 1.54) is 0 Å². The number of amidine groups is 2. The molecule has 0 aromatic heterocycles. The summed E-state index contributed by atoms with van der Waals surface area (Å²) >= 11 is 0. The Bertz CT molecular complexity index is 2350. The first-order chi connectivity index (χ1) is 25.1. The summed E-state index contributed by atoms with van der Waals surface area (Å²) in [6, 6.07) is 63.6. The van der Waals surface area contributed by atoms with Gasteiger partial charge in [0, 0.05) is 22.3 Å². The van der Waals surface area contributed by atoms with Gasteiger partial charge in [0.15, 0.2) is 11.6 Å². The van der Waals surface area contributed by atoms with Crippen molar-refractivity contribution < 1.29 is 4.79 Å². The fourth-order valence-corrected chi connectivity index (χ4v) is 7.26. The summed E-state index contributed by atoms with van der Waals surface area (Å²) in [5.74, 6) is 1.04. The van der Waals surface area contributed by atoms with Gasteiger partial charge in [-0.05, 0) is 45.0 Å². The quantitative estimate of drug-likeness (QED) is 0.137. The third kappa shape index (κ3) is 5.87. The molecule has 4 nitrogen and oxygen atoms in total. The molecule has 0 saturated carbocycles. The van der Waals surface area contributed by atoms with Crippen molar-refractivity contribution in [2.45, 2.75) is 12.0 Å². The van der Waals surface area contributed by atoms with E-state index in [1.54, 1.807) is 0 Å². The number of aliphatic imine (C=N–C) groups is 2. The van der Waals surface area contributed by atoms with E-state index in [4.69, 9.17) is 15.7 Å². The summed E-state index contributed by atoms with van der Waals surface area (Å²) in [6.07, 6.45) is 0. The lowest BCUT2D eigenvalue weighted by molar-refractivity contribution is 0.103. The van der Waals surface area contributed by atoms with Gasteiger partial charge in [-0.3, -0.25) is 9.79 Å². The van der Waals surface area contributed by atoms with Crippen molar-refractivity contribution in [1.82, 2.24) is 0 Å². The highest BCUT2D eigenvalue weighted by Crippen LogP contribution is 2.51. The Morgan fingerprint density at radius 3 is 1.71 bits per heavy atom. The van der Waals surface area contributed by atoms with E-state index in [0.29, 0.717) is 18.2 Å². The van der Waals surface area contributed by atoms with Crippen LogP contribution in [-0.4, -0.2) is 17.5 Å². The summed E-state index contributed by atoms with van der Waals surface area (Å²) in [4.78, 5) is 23.6. The molecule has 51 heavy (non-hydrogen) atoms. The molecule has 1 aliphatic rings. The minimum Gasteiger partial charge on any atom is -0.383 e. The molecule has 0 radical (unpaired) electrons. The van der Waals surface area contributed by atoms with Crippen molar-refractivity contribution in [2.24, 2.45) is 15.7 Å². The van der Waals surface area contributed by atoms with E-state index in [9.17, 15) is 4.79 Å². The number of carbonyl (C=O) groups is 1. The molecule has 244 valence electrons. The number of carbonyl (C=O) groups excluding carboxylic acids is 1. The fourth-order valence-electron chi connectivity index (χ4n) is 7.26. The normalized spacial score (nSPS) is 13.7. The van der Waals surface area contributed by atoms with Gasteiger partial charge in [0.05, 0.1) is 12.0 Å². The van der Waals surface area contributed by atoms with Gasteiger partial charge in [0.1, 0.15) is 5.84 Å². The number of benzene rings is 7. The highest BCUT2D eigenvalue weighted by Gasteiger charge is 2.46. The summed E-state index contributed by atoms with van der Waals surface area (Å²) in [7, 11) is 0. The highest BCUT2D eigenvalue weighted by molar-refractivity contribution is 6.14. The van der Waals surface area contributed by atoms with Crippen LogP contribution in [0.15, 0.2) is 198 Å². The SMILES string of the molecule is NC(=NC(=NCc1ccccc1)c1ccc(-c2cccc(C3(c4ccccc4)c4ccccc4C(=O)c4ccccc43)c2)cc1)c1ccccc1. The summed E-state index contributed by atoms with van der Waals surface area (Å²) in [6.45, 7) is 0.485. The molecule has 7 aromatic carbocycles. The molecule has 0 aliphatic heterocycles. The van der Waals surface area contributed by atoms with Crippen LogP contribution in [0.1, 0.15) is 54.9 Å². The van der Waals surface area contributed by atoms with Crippen molar-refractivity contribution in [3.05, 3.63) is 238 Å². The minimum absolute atomic E-state index is 0.0554. The van der Waals surface area contributed by atoms with Gasteiger partial charge in [-0.25, -0.2) is 4.99 Å². The molecule has 0 unspecified atom stereocenters. The highest BCUT2D eigenvalue weighted by atomic mass is 16.1. The van der Waals surface area contributed by atoms with E-state index < -0.39 is 5.41 Å². The monoisotopic (exact) mass is 657 g/mol. The molecule has 0 fully saturated rings. The van der Waals surface area contributed by atoms with Crippen molar-refractivity contribution in [1.29, 1.82) is 0 Å². The van der Waals surface area contributed by atoms with Gasteiger partial charge in [-0.15, -0.1) is 0 Å². The molecule has 8 rings (SSSR count). The van der Waals surface area contributed by atoms with Crippen molar-refractivity contribution in [2.75, 3.05) is 0 Å². The summed E-state index contributed by atoms with van der Waals surface area (Å²) < 4.78 is 0. The lowest BCUT2D eigenvalue weighted by atomic mass is 9.59. The lowest BCUT2D eigenvalue weighted by Crippen LogP contribution is -2.38. The Labute approximate surface area is 298 Å². The predicted octanol–water partition coefficient (Wildman–Crippen LogP) is 9.63. The molecule has 1 aliphatic carbocycles. The molecule has 0 atom stereocenters. The number of hydrogen-bond donors (Lipinski definition) is 1. The second-order valence-electron chi connectivity index (χ2n) is 12.7. The van der Waals surface area contributed by atoms with Crippen LogP contribution in [0.3, 0.4) is 0 Å². The zero-order valence-electron chi connectivity index (χ0n) is 28.0. The molecule has 2 N–H and O–H groups in total. The molecule has 0 heterocycles. The average Bonchev–Trinajstić information content (AvgIpc) is 3.21. The Balaban J connectivity index is 1.23. The van der Waals surface area contributed by atoms with Gasteiger partial charge in [-0.1, -0.05) is 182 Å². The molecule has 0 saturated heterocycles. The van der Waals surface area contributed by atoms with Crippen LogP contribution in [0.4, 0.5) is 0 Å². The van der Waals surface area contributed by atoms with Gasteiger partial charge in [-0.2, -0.15) is 0 Å². The largest absolute Gasteiger partial charge is 0.383 e. The molecular formula is C47H35N3O. The van der Waals surface area contributed by atoms with Crippen LogP contribution in [0, 0.1) is 0 Å². The van der Waals surface area contributed by atoms with E-state index >= 15 is 0 Å². The van der Waals surface area contributed by atoms with E-state index in [2.05, 4.69) is 97.1 Å². The third-order valence-corrected chi connectivity index (χ3v) is 9.68. The number of fused-ring (bicyclic) bond motifs is 2. The van der Waals surface area contributed by atoms with Crippen molar-refractivity contribution in [3.8, 4) is 11.1 Å². The van der Waals surface area contributed by atoms with Crippen molar-refractivity contribution >= 4 is 17.5 Å². The molecule has 0 bridgehead atoms. The summed E-state index contributed by atoms with van der Waals surface area (Å²) in [5.41, 5.74) is 16.4. The number of nitrogens with two attached hydrogens (primary N) is 1. The zero-order chi connectivity index (χ0) is 34.6. The van der Waals surface area contributed by atoms with E-state index in [-0.39, 0.29) is 5.78 Å². The topological polar surface area (TPSA) is 67.8 Å². The van der Waals surface area contributed by atoms with Crippen LogP contribution < -0.4 is 5.73 Å². The van der Waals surface area contributed by atoms with Crippen LogP contribution in [0.25, 0.3) is 11.1 Å². The molecule has 0 spiro atoms. The maximum atomic E-state index is 13.9. The second-order valence-corrected chi connectivity index (χ2v) is 12.7. The lowest BCUT2D eigenvalue weighted by Gasteiger charge is -2.41. The Hall–Kier alpha value is -6.65. The fraction of sp³-hybridized carbons (Fsp3) is 0.0426. The Kier molecular flexibility index (Phi) is 8.49. The summed E-state index contributed by atoms with van der Waals surface area (Å²) in [5, 5.41) is 0. The molecular weight excluding hydrogens is 623 g/mol. The standard InChI is InChI=1S/C47H35N3O/c48-45(35-17-6-2-7-18-35)50-46(49-32-33-15-4-1-5-16-33)36-29-27-34(28-30-36)37-19-14-22-39(31-37)47(38-20-8-3-9-21-38)42-25-12-10-23-40(42)44(51)41-24-11-13-26-43(41)47/h1-31H,32H2,(H2,48,49,50). The van der Waals surface area contributed by atoms with Gasteiger partial charge in [0.25, 0.3) is 0 Å². The number of rotatable bonds is 7. The number of nitrogens with zero attached hydrogens (tertiary/aromatic N) is 2.